The Labute approximate surface area is 113 Å². The summed E-state index contributed by atoms with van der Waals surface area (Å²) in [6.07, 6.45) is 2.20. The third-order valence-corrected chi connectivity index (χ3v) is 4.11. The van der Waals surface area contributed by atoms with Gasteiger partial charge < -0.3 is 14.5 Å². The van der Waals surface area contributed by atoms with Crippen LogP contribution in [-0.2, 0) is 4.74 Å². The summed E-state index contributed by atoms with van der Waals surface area (Å²) in [4.78, 5) is 0. The molecule has 1 aliphatic heterocycles. The number of hydrogen-bond donors (Lipinski definition) is 1. The second kappa shape index (κ2) is 5.35. The molecule has 3 rings (SSSR count). The van der Waals surface area contributed by atoms with Crippen molar-refractivity contribution in [2.75, 3.05) is 20.3 Å². The predicted molar refractivity (Wildman–Crippen MR) is 76.3 cm³/mol. The maximum absolute atomic E-state index is 6.10. The van der Waals surface area contributed by atoms with Gasteiger partial charge in [0.25, 0.3) is 0 Å². The zero-order valence-electron chi connectivity index (χ0n) is 11.6. The predicted octanol–water partition coefficient (Wildman–Crippen LogP) is 3.43. The van der Waals surface area contributed by atoms with Crippen LogP contribution in [0.15, 0.2) is 28.7 Å². The van der Waals surface area contributed by atoms with Gasteiger partial charge >= 0.3 is 0 Å². The average Bonchev–Trinajstić information content (AvgIpc) is 2.86. The van der Waals surface area contributed by atoms with Gasteiger partial charge in [-0.25, -0.2) is 0 Å². The van der Waals surface area contributed by atoms with E-state index in [1.165, 1.54) is 10.9 Å². The minimum atomic E-state index is 0.288. The lowest BCUT2D eigenvalue weighted by molar-refractivity contribution is 0.0520. The van der Waals surface area contributed by atoms with Gasteiger partial charge in [0.1, 0.15) is 11.3 Å². The number of furan rings is 1. The summed E-state index contributed by atoms with van der Waals surface area (Å²) in [6.45, 7) is 3.82. The van der Waals surface area contributed by atoms with Crippen molar-refractivity contribution in [3.63, 3.8) is 0 Å². The molecule has 0 amide bonds. The van der Waals surface area contributed by atoms with Gasteiger partial charge in [-0.2, -0.15) is 0 Å². The summed E-state index contributed by atoms with van der Waals surface area (Å²) in [6, 6.07) is 8.76. The minimum Gasteiger partial charge on any atom is -0.459 e. The van der Waals surface area contributed by atoms with Gasteiger partial charge in [-0.05, 0) is 44.4 Å². The van der Waals surface area contributed by atoms with E-state index in [0.29, 0.717) is 5.92 Å². The van der Waals surface area contributed by atoms with E-state index in [2.05, 4.69) is 36.5 Å². The van der Waals surface area contributed by atoms with E-state index in [9.17, 15) is 0 Å². The Hall–Kier alpha value is -1.32. The molecular weight excluding hydrogens is 238 g/mol. The molecule has 1 N–H and O–H groups in total. The van der Waals surface area contributed by atoms with Crippen LogP contribution in [0, 0.1) is 12.8 Å². The molecule has 1 fully saturated rings. The van der Waals surface area contributed by atoms with E-state index < -0.39 is 0 Å². The zero-order chi connectivity index (χ0) is 13.2. The number of aryl methyl sites for hydroxylation is 1. The molecule has 1 saturated heterocycles. The number of para-hydroxylation sites is 1. The van der Waals surface area contributed by atoms with E-state index >= 15 is 0 Å². The van der Waals surface area contributed by atoms with E-state index in [0.717, 1.165) is 37.4 Å². The smallest absolute Gasteiger partial charge is 0.137 e. The van der Waals surface area contributed by atoms with Crippen LogP contribution in [0.3, 0.4) is 0 Å². The van der Waals surface area contributed by atoms with Crippen LogP contribution in [0.2, 0.25) is 0 Å². The SMILES string of the molecule is CNC(c1cc2cccc(C)c2o1)C1CCOCC1. The quantitative estimate of drug-likeness (QED) is 0.917. The Balaban J connectivity index is 1.94. The number of rotatable bonds is 3. The third-order valence-electron chi connectivity index (χ3n) is 4.11. The number of hydrogen-bond acceptors (Lipinski definition) is 3. The van der Waals surface area contributed by atoms with Crippen LogP contribution < -0.4 is 5.32 Å². The van der Waals surface area contributed by atoms with Crippen molar-refractivity contribution >= 4 is 11.0 Å². The second-order valence-corrected chi connectivity index (χ2v) is 5.36. The first-order chi connectivity index (χ1) is 9.29. The highest BCUT2D eigenvalue weighted by Gasteiger charge is 2.26. The summed E-state index contributed by atoms with van der Waals surface area (Å²) in [5.74, 6) is 1.65. The first-order valence-electron chi connectivity index (χ1n) is 7.03. The normalized spacial score (nSPS) is 18.8. The molecule has 3 heteroatoms. The van der Waals surface area contributed by atoms with Crippen molar-refractivity contribution in [3.05, 3.63) is 35.6 Å². The van der Waals surface area contributed by atoms with Gasteiger partial charge in [0.05, 0.1) is 6.04 Å². The number of fused-ring (bicyclic) bond motifs is 1. The molecule has 1 aliphatic rings. The largest absolute Gasteiger partial charge is 0.459 e. The Bertz CT molecular complexity index is 555. The van der Waals surface area contributed by atoms with Gasteiger partial charge in [-0.15, -0.1) is 0 Å². The van der Waals surface area contributed by atoms with Crippen LogP contribution in [-0.4, -0.2) is 20.3 Å². The lowest BCUT2D eigenvalue weighted by Crippen LogP contribution is -2.29. The summed E-state index contributed by atoms with van der Waals surface area (Å²) in [7, 11) is 2.01. The Morgan fingerprint density at radius 2 is 2.05 bits per heavy atom. The van der Waals surface area contributed by atoms with Crippen molar-refractivity contribution < 1.29 is 9.15 Å². The molecule has 1 unspecified atom stereocenters. The molecule has 19 heavy (non-hydrogen) atoms. The Kier molecular flexibility index (Phi) is 3.58. The van der Waals surface area contributed by atoms with E-state index in [4.69, 9.17) is 9.15 Å². The fourth-order valence-electron chi connectivity index (χ4n) is 3.04. The third kappa shape index (κ3) is 2.40. The van der Waals surface area contributed by atoms with Gasteiger partial charge in [-0.1, -0.05) is 18.2 Å². The minimum absolute atomic E-state index is 0.288. The molecule has 2 aromatic rings. The molecule has 0 aliphatic carbocycles. The molecule has 1 atom stereocenters. The van der Waals surface area contributed by atoms with E-state index in [1.807, 2.05) is 7.05 Å². The fraction of sp³-hybridized carbons (Fsp3) is 0.500. The van der Waals surface area contributed by atoms with Crippen LogP contribution in [0.5, 0.6) is 0 Å². The lowest BCUT2D eigenvalue weighted by Gasteiger charge is -2.28. The van der Waals surface area contributed by atoms with Gasteiger partial charge in [0, 0.05) is 18.6 Å². The average molecular weight is 259 g/mol. The van der Waals surface area contributed by atoms with Crippen molar-refractivity contribution in [1.29, 1.82) is 0 Å². The molecule has 0 saturated carbocycles. The first-order valence-corrected chi connectivity index (χ1v) is 7.03. The number of benzene rings is 1. The molecule has 2 heterocycles. The molecule has 0 bridgehead atoms. The van der Waals surface area contributed by atoms with Crippen molar-refractivity contribution in [2.24, 2.45) is 5.92 Å². The van der Waals surface area contributed by atoms with Crippen molar-refractivity contribution in [1.82, 2.24) is 5.32 Å². The van der Waals surface area contributed by atoms with Crippen molar-refractivity contribution in [3.8, 4) is 0 Å². The topological polar surface area (TPSA) is 34.4 Å². The molecule has 3 nitrogen and oxygen atoms in total. The summed E-state index contributed by atoms with van der Waals surface area (Å²) >= 11 is 0. The monoisotopic (exact) mass is 259 g/mol. The Morgan fingerprint density at radius 1 is 1.26 bits per heavy atom. The van der Waals surface area contributed by atoms with E-state index in [-0.39, 0.29) is 6.04 Å². The molecule has 1 aromatic heterocycles. The van der Waals surface area contributed by atoms with Gasteiger partial charge in [0.15, 0.2) is 0 Å². The molecule has 0 spiro atoms. The molecule has 1 aromatic carbocycles. The molecular formula is C16H21NO2. The van der Waals surface area contributed by atoms with Crippen LogP contribution in [0.4, 0.5) is 0 Å². The van der Waals surface area contributed by atoms with Crippen LogP contribution >= 0.6 is 0 Å². The van der Waals surface area contributed by atoms with Gasteiger partial charge in [0.2, 0.25) is 0 Å². The van der Waals surface area contributed by atoms with Crippen molar-refractivity contribution in [2.45, 2.75) is 25.8 Å². The summed E-state index contributed by atoms with van der Waals surface area (Å²) in [5, 5.41) is 4.62. The summed E-state index contributed by atoms with van der Waals surface area (Å²) < 4.78 is 11.6. The summed E-state index contributed by atoms with van der Waals surface area (Å²) in [5.41, 5.74) is 2.22. The second-order valence-electron chi connectivity index (χ2n) is 5.36. The van der Waals surface area contributed by atoms with E-state index in [1.54, 1.807) is 0 Å². The Morgan fingerprint density at radius 3 is 2.74 bits per heavy atom. The highest BCUT2D eigenvalue weighted by molar-refractivity contribution is 5.81. The van der Waals surface area contributed by atoms with Crippen LogP contribution in [0.25, 0.3) is 11.0 Å². The lowest BCUT2D eigenvalue weighted by atomic mass is 9.90. The highest BCUT2D eigenvalue weighted by Crippen LogP contribution is 2.33. The van der Waals surface area contributed by atoms with Crippen LogP contribution in [0.1, 0.15) is 30.2 Å². The molecule has 0 radical (unpaired) electrons. The molecule has 102 valence electrons. The standard InChI is InChI=1S/C16H21NO2/c1-11-4-3-5-13-10-14(19-16(11)13)15(17-2)12-6-8-18-9-7-12/h3-5,10,12,15,17H,6-9H2,1-2H3. The fourth-order valence-corrected chi connectivity index (χ4v) is 3.04. The number of ether oxygens (including phenoxy) is 1. The first kappa shape index (κ1) is 12.7. The number of nitrogens with one attached hydrogen (secondary N) is 1. The maximum Gasteiger partial charge on any atom is 0.137 e. The maximum atomic E-state index is 6.10. The van der Waals surface area contributed by atoms with Gasteiger partial charge in [-0.3, -0.25) is 0 Å². The zero-order valence-corrected chi connectivity index (χ0v) is 11.6. The highest BCUT2D eigenvalue weighted by atomic mass is 16.5.